The Balaban J connectivity index is 1.60. The van der Waals surface area contributed by atoms with Crippen LogP contribution in [0.1, 0.15) is 24.0 Å². The molecule has 1 aliphatic heterocycles. The highest BCUT2D eigenvalue weighted by atomic mass is 16.2. The highest BCUT2D eigenvalue weighted by Gasteiger charge is 2.26. The summed E-state index contributed by atoms with van der Waals surface area (Å²) in [7, 11) is 0. The molecule has 1 aromatic heterocycles. The van der Waals surface area contributed by atoms with Crippen LogP contribution in [0.25, 0.3) is 10.9 Å². The Morgan fingerprint density at radius 1 is 1.43 bits per heavy atom. The van der Waals surface area contributed by atoms with Crippen molar-refractivity contribution in [2.24, 2.45) is 0 Å². The van der Waals surface area contributed by atoms with Gasteiger partial charge >= 0.3 is 0 Å². The fourth-order valence-corrected chi connectivity index (χ4v) is 2.90. The van der Waals surface area contributed by atoms with E-state index >= 15 is 0 Å². The zero-order chi connectivity index (χ0) is 14.8. The van der Waals surface area contributed by atoms with Crippen molar-refractivity contribution in [3.8, 4) is 0 Å². The first-order chi connectivity index (χ1) is 10.1. The van der Waals surface area contributed by atoms with Crippen molar-refractivity contribution < 1.29 is 9.59 Å². The summed E-state index contributed by atoms with van der Waals surface area (Å²) >= 11 is 0. The summed E-state index contributed by atoms with van der Waals surface area (Å²) < 4.78 is 0. The lowest BCUT2D eigenvalue weighted by Crippen LogP contribution is -2.42. The zero-order valence-corrected chi connectivity index (χ0v) is 12.0. The van der Waals surface area contributed by atoms with E-state index in [1.165, 1.54) is 16.5 Å². The number of carbonyl (C=O) groups is 2. The molecule has 2 heterocycles. The molecule has 3 N–H and O–H groups in total. The topological polar surface area (TPSA) is 74.0 Å². The van der Waals surface area contributed by atoms with Crippen LogP contribution in [0.4, 0.5) is 0 Å². The number of fused-ring (bicyclic) bond motifs is 1. The average Bonchev–Trinajstić information content (AvgIpc) is 3.06. The fraction of sp³-hybridized carbons (Fsp3) is 0.375. The van der Waals surface area contributed by atoms with Gasteiger partial charge in [-0.25, -0.2) is 0 Å². The lowest BCUT2D eigenvalue weighted by atomic mass is 10.1. The second-order valence-electron chi connectivity index (χ2n) is 5.51. The number of carbonyl (C=O) groups excluding carboxylic acids is 2. The van der Waals surface area contributed by atoms with Gasteiger partial charge in [0.2, 0.25) is 11.8 Å². The minimum Gasteiger partial charge on any atom is -0.361 e. The maximum absolute atomic E-state index is 11.9. The van der Waals surface area contributed by atoms with Gasteiger partial charge in [-0.05, 0) is 37.0 Å². The minimum absolute atomic E-state index is 0.0394. The predicted molar refractivity (Wildman–Crippen MR) is 80.9 cm³/mol. The van der Waals surface area contributed by atoms with Crippen molar-refractivity contribution in [1.82, 2.24) is 15.6 Å². The van der Waals surface area contributed by atoms with Gasteiger partial charge < -0.3 is 15.6 Å². The van der Waals surface area contributed by atoms with Crippen LogP contribution in [0, 0.1) is 6.92 Å². The Kier molecular flexibility index (Phi) is 3.64. The molecule has 1 aromatic carbocycles. The van der Waals surface area contributed by atoms with Crippen LogP contribution < -0.4 is 10.6 Å². The first-order valence-electron chi connectivity index (χ1n) is 7.28. The lowest BCUT2D eigenvalue weighted by molar-refractivity contribution is -0.125. The largest absolute Gasteiger partial charge is 0.361 e. The van der Waals surface area contributed by atoms with Crippen LogP contribution in [0.15, 0.2) is 24.4 Å². The molecule has 0 spiro atoms. The van der Waals surface area contributed by atoms with Gasteiger partial charge in [-0.1, -0.05) is 12.1 Å². The van der Waals surface area contributed by atoms with Crippen molar-refractivity contribution >= 4 is 22.7 Å². The second kappa shape index (κ2) is 5.60. The molecule has 0 bridgehead atoms. The summed E-state index contributed by atoms with van der Waals surface area (Å²) in [6.07, 6.45) is 3.81. The summed E-state index contributed by atoms with van der Waals surface area (Å²) in [5, 5.41) is 6.82. The third kappa shape index (κ3) is 2.77. The van der Waals surface area contributed by atoms with Gasteiger partial charge in [0.25, 0.3) is 0 Å². The van der Waals surface area contributed by atoms with E-state index in [4.69, 9.17) is 0 Å². The summed E-state index contributed by atoms with van der Waals surface area (Å²) in [5.41, 5.74) is 3.57. The molecule has 0 aliphatic carbocycles. The highest BCUT2D eigenvalue weighted by molar-refractivity contribution is 5.91. The molecule has 5 nitrogen and oxygen atoms in total. The zero-order valence-electron chi connectivity index (χ0n) is 12.0. The van der Waals surface area contributed by atoms with E-state index < -0.39 is 0 Å². The van der Waals surface area contributed by atoms with Crippen molar-refractivity contribution in [3.63, 3.8) is 0 Å². The third-order valence-corrected chi connectivity index (χ3v) is 4.00. The van der Waals surface area contributed by atoms with Gasteiger partial charge in [0.1, 0.15) is 6.04 Å². The smallest absolute Gasteiger partial charge is 0.242 e. The van der Waals surface area contributed by atoms with Crippen molar-refractivity contribution in [2.75, 3.05) is 6.54 Å². The summed E-state index contributed by atoms with van der Waals surface area (Å²) in [4.78, 5) is 26.3. The Bertz CT molecular complexity index is 690. The lowest BCUT2D eigenvalue weighted by Gasteiger charge is -2.10. The SMILES string of the molecule is Cc1cccc2[nH]cc(CCNC(=O)[C@H]3CCC(=O)N3)c12. The van der Waals surface area contributed by atoms with E-state index in [1.807, 2.05) is 12.3 Å². The van der Waals surface area contributed by atoms with Crippen LogP contribution in [-0.4, -0.2) is 29.4 Å². The molecule has 0 saturated carbocycles. The number of amides is 2. The molecular weight excluding hydrogens is 266 g/mol. The number of nitrogens with one attached hydrogen (secondary N) is 3. The summed E-state index contributed by atoms with van der Waals surface area (Å²) in [6, 6.07) is 5.81. The molecule has 110 valence electrons. The third-order valence-electron chi connectivity index (χ3n) is 4.00. The molecule has 3 rings (SSSR count). The van der Waals surface area contributed by atoms with E-state index in [1.54, 1.807) is 0 Å². The quantitative estimate of drug-likeness (QED) is 0.794. The molecule has 2 amide bonds. The monoisotopic (exact) mass is 285 g/mol. The molecule has 5 heteroatoms. The first kappa shape index (κ1) is 13.7. The van der Waals surface area contributed by atoms with Crippen molar-refractivity contribution in [2.45, 2.75) is 32.2 Å². The van der Waals surface area contributed by atoms with Crippen LogP contribution in [-0.2, 0) is 16.0 Å². The maximum Gasteiger partial charge on any atom is 0.242 e. The predicted octanol–water partition coefficient (Wildman–Crippen LogP) is 1.41. The van der Waals surface area contributed by atoms with Crippen LogP contribution in [0.2, 0.25) is 0 Å². The van der Waals surface area contributed by atoms with E-state index in [0.29, 0.717) is 19.4 Å². The Morgan fingerprint density at radius 3 is 3.05 bits per heavy atom. The Hall–Kier alpha value is -2.30. The van der Waals surface area contributed by atoms with Crippen LogP contribution >= 0.6 is 0 Å². The summed E-state index contributed by atoms with van der Waals surface area (Å²) in [5.74, 6) is -0.125. The normalized spacial score (nSPS) is 18.0. The number of aryl methyl sites for hydroxylation is 1. The van der Waals surface area contributed by atoms with Gasteiger partial charge in [-0.2, -0.15) is 0 Å². The molecule has 0 radical (unpaired) electrons. The standard InChI is InChI=1S/C16H19N3O2/c1-10-3-2-4-12-15(10)11(9-18-12)7-8-17-16(21)13-5-6-14(20)19-13/h2-4,9,13,18H,5-8H2,1H3,(H,17,21)(H,19,20)/t13-/m1/s1. The molecule has 1 aliphatic rings. The number of hydrogen-bond donors (Lipinski definition) is 3. The van der Waals surface area contributed by atoms with E-state index in [2.05, 4.69) is 34.7 Å². The minimum atomic E-state index is -0.359. The summed E-state index contributed by atoms with van der Waals surface area (Å²) in [6.45, 7) is 2.67. The Labute approximate surface area is 123 Å². The number of aromatic amines is 1. The number of aromatic nitrogens is 1. The molecule has 21 heavy (non-hydrogen) atoms. The molecule has 1 atom stereocenters. The van der Waals surface area contributed by atoms with Crippen molar-refractivity contribution in [3.05, 3.63) is 35.5 Å². The van der Waals surface area contributed by atoms with Gasteiger partial charge in [0, 0.05) is 30.1 Å². The maximum atomic E-state index is 11.9. The van der Waals surface area contributed by atoms with E-state index in [0.717, 1.165) is 11.9 Å². The van der Waals surface area contributed by atoms with E-state index in [-0.39, 0.29) is 17.9 Å². The molecule has 1 fully saturated rings. The number of benzene rings is 1. The van der Waals surface area contributed by atoms with Gasteiger partial charge in [-0.15, -0.1) is 0 Å². The molecule has 1 saturated heterocycles. The molecular formula is C16H19N3O2. The van der Waals surface area contributed by atoms with Gasteiger partial charge in [-0.3, -0.25) is 9.59 Å². The first-order valence-corrected chi connectivity index (χ1v) is 7.28. The molecule has 2 aromatic rings. The number of rotatable bonds is 4. The second-order valence-corrected chi connectivity index (χ2v) is 5.51. The number of H-pyrrole nitrogens is 1. The van der Waals surface area contributed by atoms with Crippen molar-refractivity contribution in [1.29, 1.82) is 0 Å². The van der Waals surface area contributed by atoms with Gasteiger partial charge in [0.05, 0.1) is 0 Å². The fourth-order valence-electron chi connectivity index (χ4n) is 2.90. The van der Waals surface area contributed by atoms with Gasteiger partial charge in [0.15, 0.2) is 0 Å². The van der Waals surface area contributed by atoms with Crippen LogP contribution in [0.5, 0.6) is 0 Å². The molecule has 0 unspecified atom stereocenters. The van der Waals surface area contributed by atoms with E-state index in [9.17, 15) is 9.59 Å². The van der Waals surface area contributed by atoms with Crippen LogP contribution in [0.3, 0.4) is 0 Å². The Morgan fingerprint density at radius 2 is 2.29 bits per heavy atom. The highest BCUT2D eigenvalue weighted by Crippen LogP contribution is 2.22. The average molecular weight is 285 g/mol. The number of hydrogen-bond acceptors (Lipinski definition) is 2.